The van der Waals surface area contributed by atoms with Gasteiger partial charge in [-0.05, 0) is 43.4 Å². The SMILES string of the molecule is COc1ccc(Cc2nc(C(=O)NC(C)(C)CC(C)(C)C)cs2)cc1. The van der Waals surface area contributed by atoms with Gasteiger partial charge in [0, 0.05) is 17.3 Å². The predicted molar refractivity (Wildman–Crippen MR) is 104 cm³/mol. The molecule has 2 rings (SSSR count). The molecular weight excluding hydrogens is 332 g/mol. The van der Waals surface area contributed by atoms with E-state index < -0.39 is 0 Å². The van der Waals surface area contributed by atoms with E-state index in [0.29, 0.717) is 12.1 Å². The Labute approximate surface area is 154 Å². The fourth-order valence-corrected chi connectivity index (χ4v) is 3.96. The molecule has 0 bridgehead atoms. The molecule has 0 saturated heterocycles. The van der Waals surface area contributed by atoms with Crippen molar-refractivity contribution in [2.45, 2.75) is 53.0 Å². The molecule has 1 aromatic carbocycles. The molecule has 0 spiro atoms. The highest BCUT2D eigenvalue weighted by Crippen LogP contribution is 2.27. The van der Waals surface area contributed by atoms with Crippen LogP contribution in [0.2, 0.25) is 0 Å². The highest BCUT2D eigenvalue weighted by atomic mass is 32.1. The highest BCUT2D eigenvalue weighted by molar-refractivity contribution is 7.09. The third-order valence-electron chi connectivity index (χ3n) is 3.72. The van der Waals surface area contributed by atoms with Crippen LogP contribution in [0, 0.1) is 5.41 Å². The van der Waals surface area contributed by atoms with Crippen LogP contribution < -0.4 is 10.1 Å². The minimum absolute atomic E-state index is 0.105. The van der Waals surface area contributed by atoms with E-state index in [-0.39, 0.29) is 16.9 Å². The molecule has 0 saturated carbocycles. The molecule has 0 fully saturated rings. The number of hydrogen-bond acceptors (Lipinski definition) is 4. The number of nitrogens with one attached hydrogen (secondary N) is 1. The summed E-state index contributed by atoms with van der Waals surface area (Å²) in [4.78, 5) is 17.0. The van der Waals surface area contributed by atoms with Gasteiger partial charge in [-0.15, -0.1) is 11.3 Å². The Hall–Kier alpha value is -1.88. The van der Waals surface area contributed by atoms with Crippen LogP contribution in [0.15, 0.2) is 29.6 Å². The second-order valence-electron chi connectivity index (χ2n) is 8.23. The van der Waals surface area contributed by atoms with Gasteiger partial charge in [0.2, 0.25) is 0 Å². The van der Waals surface area contributed by atoms with Crippen molar-refractivity contribution in [1.29, 1.82) is 0 Å². The van der Waals surface area contributed by atoms with Crippen molar-refractivity contribution < 1.29 is 9.53 Å². The number of benzene rings is 1. The summed E-state index contributed by atoms with van der Waals surface area (Å²) in [5.41, 5.74) is 1.53. The molecule has 136 valence electrons. The topological polar surface area (TPSA) is 51.2 Å². The second-order valence-corrected chi connectivity index (χ2v) is 9.17. The quantitative estimate of drug-likeness (QED) is 0.813. The molecule has 1 heterocycles. The Balaban J connectivity index is 2.00. The molecule has 1 N–H and O–H groups in total. The maximum absolute atomic E-state index is 12.5. The van der Waals surface area contributed by atoms with E-state index in [2.05, 4.69) is 44.9 Å². The van der Waals surface area contributed by atoms with Crippen molar-refractivity contribution in [3.05, 3.63) is 45.9 Å². The van der Waals surface area contributed by atoms with E-state index in [0.717, 1.165) is 22.7 Å². The van der Waals surface area contributed by atoms with Gasteiger partial charge in [0.05, 0.1) is 12.1 Å². The number of hydrogen-bond donors (Lipinski definition) is 1. The molecule has 1 amide bonds. The van der Waals surface area contributed by atoms with Crippen LogP contribution in [0.3, 0.4) is 0 Å². The molecule has 0 atom stereocenters. The first-order valence-electron chi connectivity index (χ1n) is 8.48. The van der Waals surface area contributed by atoms with Gasteiger partial charge < -0.3 is 10.1 Å². The number of carbonyl (C=O) groups is 1. The Kier molecular flexibility index (Phi) is 5.88. The lowest BCUT2D eigenvalue weighted by Crippen LogP contribution is -2.45. The van der Waals surface area contributed by atoms with E-state index >= 15 is 0 Å². The Bertz CT molecular complexity index is 712. The minimum Gasteiger partial charge on any atom is -0.497 e. The first kappa shape index (κ1) is 19.4. The summed E-state index contributed by atoms with van der Waals surface area (Å²) >= 11 is 1.52. The van der Waals surface area contributed by atoms with Gasteiger partial charge in [0.25, 0.3) is 5.91 Å². The van der Waals surface area contributed by atoms with Gasteiger partial charge in [-0.1, -0.05) is 32.9 Å². The van der Waals surface area contributed by atoms with Gasteiger partial charge in [0.1, 0.15) is 11.4 Å². The summed E-state index contributed by atoms with van der Waals surface area (Å²) in [5.74, 6) is 0.732. The molecule has 2 aromatic rings. The fourth-order valence-electron chi connectivity index (χ4n) is 3.16. The van der Waals surface area contributed by atoms with Gasteiger partial charge in [-0.25, -0.2) is 4.98 Å². The summed E-state index contributed by atoms with van der Waals surface area (Å²) in [7, 11) is 1.65. The standard InChI is InChI=1S/C20H28N2O2S/c1-19(2,3)13-20(4,5)22-18(23)16-12-25-17(21-16)11-14-7-9-15(24-6)10-8-14/h7-10,12H,11,13H2,1-6H3,(H,22,23). The summed E-state index contributed by atoms with van der Waals surface area (Å²) < 4.78 is 5.17. The zero-order chi connectivity index (χ0) is 18.7. The molecule has 5 heteroatoms. The van der Waals surface area contributed by atoms with Crippen LogP contribution in [0.1, 0.15) is 62.1 Å². The molecule has 0 radical (unpaired) electrons. The number of carbonyl (C=O) groups excluding carboxylic acids is 1. The van der Waals surface area contributed by atoms with Crippen LogP contribution in [-0.4, -0.2) is 23.5 Å². The normalized spacial score (nSPS) is 12.1. The molecule has 0 aliphatic heterocycles. The molecule has 0 aliphatic carbocycles. The third kappa shape index (κ3) is 6.16. The summed E-state index contributed by atoms with van der Waals surface area (Å²) in [6.07, 6.45) is 1.61. The van der Waals surface area contributed by atoms with Gasteiger partial charge in [0.15, 0.2) is 0 Å². The van der Waals surface area contributed by atoms with Crippen LogP contribution in [0.5, 0.6) is 5.75 Å². The van der Waals surface area contributed by atoms with E-state index in [1.165, 1.54) is 11.3 Å². The number of aromatic nitrogens is 1. The first-order chi connectivity index (χ1) is 11.6. The lowest BCUT2D eigenvalue weighted by Gasteiger charge is -2.33. The number of amides is 1. The minimum atomic E-state index is -0.269. The Morgan fingerprint density at radius 3 is 2.36 bits per heavy atom. The predicted octanol–water partition coefficient (Wildman–Crippen LogP) is 4.69. The van der Waals surface area contributed by atoms with Crippen molar-refractivity contribution in [2.24, 2.45) is 5.41 Å². The van der Waals surface area contributed by atoms with Crippen LogP contribution >= 0.6 is 11.3 Å². The maximum Gasteiger partial charge on any atom is 0.271 e. The van der Waals surface area contributed by atoms with E-state index in [9.17, 15) is 4.79 Å². The lowest BCUT2D eigenvalue weighted by atomic mass is 9.82. The fraction of sp³-hybridized carbons (Fsp3) is 0.500. The van der Waals surface area contributed by atoms with E-state index in [1.54, 1.807) is 7.11 Å². The summed E-state index contributed by atoms with van der Waals surface area (Å²) in [5, 5.41) is 5.88. The van der Waals surface area contributed by atoms with Gasteiger partial charge in [-0.3, -0.25) is 4.79 Å². The average molecular weight is 361 g/mol. The monoisotopic (exact) mass is 360 g/mol. The first-order valence-corrected chi connectivity index (χ1v) is 9.36. The van der Waals surface area contributed by atoms with E-state index in [1.807, 2.05) is 29.6 Å². The zero-order valence-electron chi connectivity index (χ0n) is 16.0. The Morgan fingerprint density at radius 1 is 1.16 bits per heavy atom. The molecule has 1 aromatic heterocycles. The number of rotatable bonds is 6. The van der Waals surface area contributed by atoms with Crippen molar-refractivity contribution in [1.82, 2.24) is 10.3 Å². The molecule has 4 nitrogen and oxygen atoms in total. The van der Waals surface area contributed by atoms with Crippen molar-refractivity contribution in [3.63, 3.8) is 0 Å². The Morgan fingerprint density at radius 2 is 1.80 bits per heavy atom. The molecule has 25 heavy (non-hydrogen) atoms. The van der Waals surface area contributed by atoms with Crippen molar-refractivity contribution >= 4 is 17.2 Å². The number of methoxy groups -OCH3 is 1. The number of thiazole rings is 1. The van der Waals surface area contributed by atoms with E-state index in [4.69, 9.17) is 4.74 Å². The largest absolute Gasteiger partial charge is 0.497 e. The van der Waals surface area contributed by atoms with Gasteiger partial charge in [-0.2, -0.15) is 0 Å². The molecule has 0 aliphatic rings. The van der Waals surface area contributed by atoms with Crippen molar-refractivity contribution in [2.75, 3.05) is 7.11 Å². The number of ether oxygens (including phenoxy) is 1. The third-order valence-corrected chi connectivity index (χ3v) is 4.57. The van der Waals surface area contributed by atoms with Crippen LogP contribution in [0.25, 0.3) is 0 Å². The number of nitrogens with zero attached hydrogens (tertiary/aromatic N) is 1. The van der Waals surface area contributed by atoms with Crippen LogP contribution in [0.4, 0.5) is 0 Å². The highest BCUT2D eigenvalue weighted by Gasteiger charge is 2.28. The average Bonchev–Trinajstić information content (AvgIpc) is 2.93. The zero-order valence-corrected chi connectivity index (χ0v) is 16.8. The second kappa shape index (κ2) is 7.56. The lowest BCUT2D eigenvalue weighted by molar-refractivity contribution is 0.0887. The molecular formula is C20H28N2O2S. The van der Waals surface area contributed by atoms with Crippen molar-refractivity contribution in [3.8, 4) is 5.75 Å². The van der Waals surface area contributed by atoms with Crippen LogP contribution in [-0.2, 0) is 6.42 Å². The smallest absolute Gasteiger partial charge is 0.271 e. The summed E-state index contributed by atoms with van der Waals surface area (Å²) in [6.45, 7) is 10.6. The van der Waals surface area contributed by atoms with Gasteiger partial charge >= 0.3 is 0 Å². The summed E-state index contributed by atoms with van der Waals surface area (Å²) in [6, 6.07) is 7.91. The maximum atomic E-state index is 12.5. The molecule has 0 unspecified atom stereocenters.